The molecule has 234 valence electrons. The molecule has 1 aromatic carbocycles. The maximum atomic E-state index is 15.0. The molecule has 1 aromatic rings. The van der Waals surface area contributed by atoms with Crippen molar-refractivity contribution in [3.63, 3.8) is 0 Å². The van der Waals surface area contributed by atoms with Gasteiger partial charge in [-0.3, -0.25) is 14.4 Å². The molecule has 1 unspecified atom stereocenters. The minimum atomic E-state index is -1.40. The summed E-state index contributed by atoms with van der Waals surface area (Å²) in [4.78, 5) is 46.9. The molecule has 0 aromatic heterocycles. The number of aliphatic hydroxyl groups is 1. The molecule has 0 aliphatic carbocycles. The summed E-state index contributed by atoms with van der Waals surface area (Å²) in [6.07, 6.45) is 11.2. The average Bonchev–Trinajstić information content (AvgIpc) is 3.25. The van der Waals surface area contributed by atoms with Gasteiger partial charge in [0.25, 0.3) is 0 Å². The van der Waals surface area contributed by atoms with Crippen molar-refractivity contribution < 1.29 is 29.0 Å². The molecule has 2 fully saturated rings. The van der Waals surface area contributed by atoms with E-state index in [1.54, 1.807) is 4.90 Å². The second-order valence-corrected chi connectivity index (χ2v) is 14.7. The van der Waals surface area contributed by atoms with E-state index in [1.807, 2.05) is 66.5 Å². The highest BCUT2D eigenvalue weighted by Crippen LogP contribution is 2.58. The molecule has 0 saturated carbocycles. The highest BCUT2D eigenvalue weighted by molar-refractivity contribution is 5.99. The SMILES string of the molecule is CC(C)(C)CC(C)(C)N1CC=C[C@]23O[C@]4(C)/C=C\CCCCOC(=O)[C@@H]4[C@H]2C(=O)N([C@@H](CO)Cc2ccccc2)C3C1=O. The van der Waals surface area contributed by atoms with Crippen LogP contribution in [0.25, 0.3) is 0 Å². The Morgan fingerprint density at radius 3 is 2.37 bits per heavy atom. The van der Waals surface area contributed by atoms with Gasteiger partial charge in [0.15, 0.2) is 0 Å². The van der Waals surface area contributed by atoms with Crippen LogP contribution in [0.3, 0.4) is 0 Å². The first-order chi connectivity index (χ1) is 20.2. The van der Waals surface area contributed by atoms with E-state index in [0.717, 1.165) is 31.2 Å². The Morgan fingerprint density at radius 1 is 0.977 bits per heavy atom. The van der Waals surface area contributed by atoms with Gasteiger partial charge in [-0.2, -0.15) is 0 Å². The Kier molecular flexibility index (Phi) is 8.42. The van der Waals surface area contributed by atoms with Crippen molar-refractivity contribution >= 4 is 17.8 Å². The van der Waals surface area contributed by atoms with Crippen LogP contribution in [-0.2, 0) is 30.3 Å². The summed E-state index contributed by atoms with van der Waals surface area (Å²) in [5, 5.41) is 10.8. The number of carbonyl (C=O) groups excluding carboxylic acids is 3. The summed E-state index contributed by atoms with van der Waals surface area (Å²) in [5.41, 5.74) is -2.20. The Hall–Kier alpha value is -2.97. The number of amides is 2. The lowest BCUT2D eigenvalue weighted by Crippen LogP contribution is -2.62. The minimum absolute atomic E-state index is 0.0551. The summed E-state index contributed by atoms with van der Waals surface area (Å²) in [6, 6.07) is 7.90. The van der Waals surface area contributed by atoms with Gasteiger partial charge in [-0.05, 0) is 63.9 Å². The fourth-order valence-corrected chi connectivity index (χ4v) is 8.21. The number of hydrogen-bond acceptors (Lipinski definition) is 6. The lowest BCUT2D eigenvalue weighted by Gasteiger charge is -2.45. The molecular weight excluding hydrogens is 544 g/mol. The first kappa shape index (κ1) is 31.5. The van der Waals surface area contributed by atoms with Gasteiger partial charge in [0.1, 0.15) is 17.6 Å². The Morgan fingerprint density at radius 2 is 1.70 bits per heavy atom. The minimum Gasteiger partial charge on any atom is -0.465 e. The number of aliphatic hydroxyl groups excluding tert-OH is 1. The second-order valence-electron chi connectivity index (χ2n) is 14.7. The number of cyclic esters (lactones) is 1. The van der Waals surface area contributed by atoms with Crippen molar-refractivity contribution in [1.29, 1.82) is 0 Å². The Bertz CT molecular complexity index is 1280. The Labute approximate surface area is 256 Å². The Balaban J connectivity index is 1.66. The first-order valence-corrected chi connectivity index (χ1v) is 15.7. The standard InChI is InChI=1S/C35H48N2O6/c1-32(2,3)23-33(4,5)36-19-14-18-35-26(27-31(41)42-20-13-8-7-12-17-34(27,6)43-35)29(39)37(28(35)30(36)40)25(22-38)21-24-15-10-9-11-16-24/h9-12,14-18,25-28,38H,7-8,13,19-23H2,1-6H3/b17-12-/t25-,26+,27+,28?,34-,35+/m1/s1. The number of nitrogens with zero attached hydrogens (tertiary/aromatic N) is 2. The van der Waals surface area contributed by atoms with Gasteiger partial charge in [-0.1, -0.05) is 75.4 Å². The van der Waals surface area contributed by atoms with Gasteiger partial charge in [-0.15, -0.1) is 0 Å². The van der Waals surface area contributed by atoms with Crippen LogP contribution in [-0.4, -0.2) is 81.3 Å². The molecule has 2 saturated heterocycles. The lowest BCUT2D eigenvalue weighted by molar-refractivity contribution is -0.163. The lowest BCUT2D eigenvalue weighted by atomic mass is 9.74. The highest BCUT2D eigenvalue weighted by atomic mass is 16.6. The van der Waals surface area contributed by atoms with Gasteiger partial charge in [0, 0.05) is 12.1 Å². The first-order valence-electron chi connectivity index (χ1n) is 15.7. The molecule has 1 spiro atoms. The average molecular weight is 593 g/mol. The molecule has 8 heteroatoms. The van der Waals surface area contributed by atoms with E-state index >= 15 is 0 Å². The van der Waals surface area contributed by atoms with Crippen molar-refractivity contribution in [2.45, 2.75) is 102 Å². The van der Waals surface area contributed by atoms with Crippen molar-refractivity contribution in [2.24, 2.45) is 17.3 Å². The highest BCUT2D eigenvalue weighted by Gasteiger charge is 2.75. The quantitative estimate of drug-likeness (QED) is 0.387. The predicted molar refractivity (Wildman–Crippen MR) is 164 cm³/mol. The van der Waals surface area contributed by atoms with Crippen molar-refractivity contribution in [3.8, 4) is 0 Å². The molecule has 4 aliphatic heterocycles. The molecule has 8 nitrogen and oxygen atoms in total. The van der Waals surface area contributed by atoms with Gasteiger partial charge in [0.2, 0.25) is 11.8 Å². The number of esters is 1. The van der Waals surface area contributed by atoms with E-state index in [-0.39, 0.29) is 30.4 Å². The number of allylic oxidation sites excluding steroid dienone is 1. The van der Waals surface area contributed by atoms with E-state index in [2.05, 4.69) is 34.6 Å². The summed E-state index contributed by atoms with van der Waals surface area (Å²) >= 11 is 0. The molecule has 5 rings (SSSR count). The van der Waals surface area contributed by atoms with Crippen molar-refractivity contribution in [3.05, 3.63) is 60.2 Å². The van der Waals surface area contributed by atoms with Crippen LogP contribution in [0.5, 0.6) is 0 Å². The molecule has 6 atom stereocenters. The van der Waals surface area contributed by atoms with Crippen LogP contribution < -0.4 is 0 Å². The smallest absolute Gasteiger partial charge is 0.313 e. The number of fused-ring (bicyclic) bond motifs is 2. The number of carbonyl (C=O) groups is 3. The zero-order valence-corrected chi connectivity index (χ0v) is 26.5. The zero-order valence-electron chi connectivity index (χ0n) is 26.5. The van der Waals surface area contributed by atoms with Crippen LogP contribution in [0, 0.1) is 17.3 Å². The van der Waals surface area contributed by atoms with E-state index in [4.69, 9.17) is 9.47 Å². The van der Waals surface area contributed by atoms with Crippen molar-refractivity contribution in [2.75, 3.05) is 19.8 Å². The zero-order chi connectivity index (χ0) is 31.2. The molecule has 0 radical (unpaired) electrons. The maximum absolute atomic E-state index is 15.0. The van der Waals surface area contributed by atoms with Crippen LogP contribution in [0.4, 0.5) is 0 Å². The normalized spacial score (nSPS) is 32.9. The third-order valence-corrected chi connectivity index (χ3v) is 9.55. The molecule has 2 amide bonds. The summed E-state index contributed by atoms with van der Waals surface area (Å²) in [7, 11) is 0. The molecule has 43 heavy (non-hydrogen) atoms. The summed E-state index contributed by atoms with van der Waals surface area (Å²) in [5.74, 6) is -2.99. The van der Waals surface area contributed by atoms with Crippen LogP contribution >= 0.6 is 0 Å². The maximum Gasteiger partial charge on any atom is 0.313 e. The predicted octanol–water partition coefficient (Wildman–Crippen LogP) is 4.46. The number of hydrogen-bond donors (Lipinski definition) is 1. The van der Waals surface area contributed by atoms with Crippen LogP contribution in [0.1, 0.15) is 72.8 Å². The number of benzene rings is 1. The number of rotatable bonds is 6. The fraction of sp³-hybridized carbons (Fsp3) is 0.629. The van der Waals surface area contributed by atoms with E-state index < -0.39 is 46.6 Å². The second kappa shape index (κ2) is 11.5. The van der Waals surface area contributed by atoms with Crippen LogP contribution in [0.2, 0.25) is 0 Å². The molecule has 0 bridgehead atoms. The number of likely N-dealkylation sites (tertiary alicyclic amines) is 1. The van der Waals surface area contributed by atoms with Gasteiger partial charge in [0.05, 0.1) is 30.8 Å². The molecule has 4 heterocycles. The topological polar surface area (TPSA) is 96.4 Å². The third kappa shape index (κ3) is 5.68. The van der Waals surface area contributed by atoms with Gasteiger partial charge < -0.3 is 24.4 Å². The third-order valence-electron chi connectivity index (χ3n) is 9.55. The van der Waals surface area contributed by atoms with E-state index in [9.17, 15) is 19.5 Å². The van der Waals surface area contributed by atoms with Crippen molar-refractivity contribution in [1.82, 2.24) is 9.80 Å². The monoisotopic (exact) mass is 592 g/mol. The molecule has 4 aliphatic rings. The summed E-state index contributed by atoms with van der Waals surface area (Å²) < 4.78 is 12.7. The number of ether oxygens (including phenoxy) is 2. The van der Waals surface area contributed by atoms with Gasteiger partial charge >= 0.3 is 5.97 Å². The van der Waals surface area contributed by atoms with Gasteiger partial charge in [-0.25, -0.2) is 0 Å². The van der Waals surface area contributed by atoms with Crippen LogP contribution in [0.15, 0.2) is 54.6 Å². The molecule has 1 N–H and O–H groups in total. The fourth-order valence-electron chi connectivity index (χ4n) is 8.21. The largest absolute Gasteiger partial charge is 0.465 e. The van der Waals surface area contributed by atoms with E-state index in [1.165, 1.54) is 0 Å². The molecular formula is C35H48N2O6. The van der Waals surface area contributed by atoms with E-state index in [0.29, 0.717) is 13.0 Å². The summed E-state index contributed by atoms with van der Waals surface area (Å²) in [6.45, 7) is 12.7.